The number of rotatable bonds is 10. The van der Waals surface area contributed by atoms with Gasteiger partial charge in [0.1, 0.15) is 5.76 Å². The van der Waals surface area contributed by atoms with Crippen LogP contribution in [0.15, 0.2) is 72.6 Å². The number of benzene rings is 2. The average Bonchev–Trinajstić information content (AvgIpc) is 2.71. The van der Waals surface area contributed by atoms with Crippen molar-refractivity contribution in [1.82, 2.24) is 4.90 Å². The quantitative estimate of drug-likeness (QED) is 0.428. The predicted octanol–water partition coefficient (Wildman–Crippen LogP) is 6.22. The molecular formula is C23H25Cl2NO2. The van der Waals surface area contributed by atoms with E-state index in [-0.39, 0.29) is 0 Å². The van der Waals surface area contributed by atoms with Crippen LogP contribution >= 0.6 is 23.2 Å². The van der Waals surface area contributed by atoms with Crippen LogP contribution in [0.25, 0.3) is 0 Å². The summed E-state index contributed by atoms with van der Waals surface area (Å²) in [6, 6.07) is 15.8. The van der Waals surface area contributed by atoms with E-state index < -0.39 is 0 Å². The molecule has 1 heterocycles. The zero-order valence-electron chi connectivity index (χ0n) is 15.8. The van der Waals surface area contributed by atoms with Gasteiger partial charge in [0.15, 0.2) is 0 Å². The fourth-order valence-corrected chi connectivity index (χ4v) is 3.34. The van der Waals surface area contributed by atoms with E-state index in [1.165, 1.54) is 5.56 Å². The first-order valence-corrected chi connectivity index (χ1v) is 10.3. The molecule has 0 aliphatic carbocycles. The molecular weight excluding hydrogens is 393 g/mol. The molecule has 0 amide bonds. The van der Waals surface area contributed by atoms with E-state index in [0.717, 1.165) is 43.9 Å². The number of ether oxygens (including phenoxy) is 2. The van der Waals surface area contributed by atoms with Crippen molar-refractivity contribution >= 4 is 23.2 Å². The highest BCUT2D eigenvalue weighted by molar-refractivity contribution is 6.35. The number of hydrogen-bond donors (Lipinski definition) is 0. The lowest BCUT2D eigenvalue weighted by atomic mass is 10.2. The van der Waals surface area contributed by atoms with Crippen molar-refractivity contribution < 1.29 is 9.47 Å². The van der Waals surface area contributed by atoms with Gasteiger partial charge in [0, 0.05) is 35.9 Å². The van der Waals surface area contributed by atoms with Gasteiger partial charge in [0.05, 0.1) is 13.2 Å². The van der Waals surface area contributed by atoms with Gasteiger partial charge in [-0.3, -0.25) is 0 Å². The summed E-state index contributed by atoms with van der Waals surface area (Å²) in [5.74, 6) is 0.920. The lowest BCUT2D eigenvalue weighted by Gasteiger charge is -2.23. The van der Waals surface area contributed by atoms with Crippen LogP contribution in [0.3, 0.4) is 0 Å². The zero-order chi connectivity index (χ0) is 19.6. The molecule has 2 aromatic carbocycles. The van der Waals surface area contributed by atoms with Crippen LogP contribution in [0.4, 0.5) is 0 Å². The molecule has 2 aromatic rings. The molecule has 5 heteroatoms. The number of hydrogen-bond acceptors (Lipinski definition) is 3. The maximum atomic E-state index is 6.25. The minimum Gasteiger partial charge on any atom is -0.494 e. The van der Waals surface area contributed by atoms with Gasteiger partial charge in [0.2, 0.25) is 0 Å². The van der Waals surface area contributed by atoms with Crippen molar-refractivity contribution in [2.75, 3.05) is 19.8 Å². The molecule has 0 unspecified atom stereocenters. The molecule has 0 saturated heterocycles. The van der Waals surface area contributed by atoms with E-state index in [0.29, 0.717) is 23.3 Å². The Labute approximate surface area is 177 Å². The van der Waals surface area contributed by atoms with Gasteiger partial charge in [0.25, 0.3) is 0 Å². The molecule has 1 aliphatic heterocycles. The van der Waals surface area contributed by atoms with E-state index in [1.807, 2.05) is 42.6 Å². The van der Waals surface area contributed by atoms with Crippen LogP contribution in [0.5, 0.6) is 0 Å². The van der Waals surface area contributed by atoms with Gasteiger partial charge >= 0.3 is 0 Å². The van der Waals surface area contributed by atoms with Crippen LogP contribution in [0.2, 0.25) is 10.0 Å². The third-order valence-corrected chi connectivity index (χ3v) is 5.02. The molecule has 148 valence electrons. The monoisotopic (exact) mass is 417 g/mol. The smallest absolute Gasteiger partial charge is 0.118 e. The summed E-state index contributed by atoms with van der Waals surface area (Å²) in [5.41, 5.74) is 2.27. The molecule has 0 bridgehead atoms. The summed E-state index contributed by atoms with van der Waals surface area (Å²) in [7, 11) is 0. The Morgan fingerprint density at radius 3 is 2.54 bits per heavy atom. The molecule has 0 aromatic heterocycles. The summed E-state index contributed by atoms with van der Waals surface area (Å²) in [6.45, 7) is 3.67. The van der Waals surface area contributed by atoms with Gasteiger partial charge in [-0.1, -0.05) is 59.6 Å². The second-order valence-corrected chi connectivity index (χ2v) is 7.52. The summed E-state index contributed by atoms with van der Waals surface area (Å²) in [4.78, 5) is 2.18. The molecule has 0 radical (unpaired) electrons. The van der Waals surface area contributed by atoms with E-state index in [9.17, 15) is 0 Å². The number of allylic oxidation sites excluding steroid dienone is 1. The molecule has 0 saturated carbocycles. The number of halogens is 2. The molecule has 28 heavy (non-hydrogen) atoms. The second kappa shape index (κ2) is 11.2. The first-order chi connectivity index (χ1) is 13.7. The molecule has 0 N–H and O–H groups in total. The SMILES string of the molecule is Clc1ccc(CN2C=CC(OCCCCOCc3ccccc3)=CC2)c(Cl)c1. The van der Waals surface area contributed by atoms with Crippen LogP contribution in [-0.4, -0.2) is 24.7 Å². The number of unbranched alkanes of at least 4 members (excludes halogenated alkanes) is 1. The van der Waals surface area contributed by atoms with Gasteiger partial charge in [-0.15, -0.1) is 0 Å². The standard InChI is InChI=1S/C23H25Cl2NO2/c24-21-9-8-20(23(25)16-21)17-26-12-10-22(11-13-26)28-15-5-4-14-27-18-19-6-2-1-3-7-19/h1-3,6-12,16H,4-5,13-15,17-18H2. The largest absolute Gasteiger partial charge is 0.494 e. The highest BCUT2D eigenvalue weighted by Gasteiger charge is 2.09. The van der Waals surface area contributed by atoms with Crippen molar-refractivity contribution in [2.24, 2.45) is 0 Å². The maximum absolute atomic E-state index is 6.25. The summed E-state index contributed by atoms with van der Waals surface area (Å²) in [5, 5.41) is 1.35. The summed E-state index contributed by atoms with van der Waals surface area (Å²) < 4.78 is 11.5. The van der Waals surface area contributed by atoms with E-state index in [2.05, 4.69) is 23.1 Å². The Kier molecular flexibility index (Phi) is 8.28. The van der Waals surface area contributed by atoms with Crippen molar-refractivity contribution in [1.29, 1.82) is 0 Å². The topological polar surface area (TPSA) is 21.7 Å². The highest BCUT2D eigenvalue weighted by Crippen LogP contribution is 2.23. The molecule has 1 aliphatic rings. The minimum absolute atomic E-state index is 0.656. The zero-order valence-corrected chi connectivity index (χ0v) is 17.3. The molecule has 0 atom stereocenters. The predicted molar refractivity (Wildman–Crippen MR) is 115 cm³/mol. The fourth-order valence-electron chi connectivity index (χ4n) is 2.87. The first-order valence-electron chi connectivity index (χ1n) is 9.51. The minimum atomic E-state index is 0.656. The Morgan fingerprint density at radius 1 is 0.964 bits per heavy atom. The van der Waals surface area contributed by atoms with E-state index >= 15 is 0 Å². The van der Waals surface area contributed by atoms with E-state index in [1.54, 1.807) is 6.07 Å². The average molecular weight is 418 g/mol. The third kappa shape index (κ3) is 6.90. The van der Waals surface area contributed by atoms with Crippen molar-refractivity contribution in [3.8, 4) is 0 Å². The Balaban J connectivity index is 1.28. The number of nitrogens with zero attached hydrogens (tertiary/aromatic N) is 1. The Bertz CT molecular complexity index is 806. The van der Waals surface area contributed by atoms with Gasteiger partial charge in [-0.25, -0.2) is 0 Å². The molecule has 3 rings (SSSR count). The summed E-state index contributed by atoms with van der Waals surface area (Å²) in [6.07, 6.45) is 8.10. The van der Waals surface area contributed by atoms with Gasteiger partial charge in [-0.2, -0.15) is 0 Å². The Hall–Kier alpha value is -1.94. The van der Waals surface area contributed by atoms with Crippen molar-refractivity contribution in [3.05, 3.63) is 93.8 Å². The Morgan fingerprint density at radius 2 is 1.79 bits per heavy atom. The lowest BCUT2D eigenvalue weighted by Crippen LogP contribution is -2.20. The van der Waals surface area contributed by atoms with Gasteiger partial charge < -0.3 is 14.4 Å². The molecule has 0 fully saturated rings. The molecule has 0 spiro atoms. The van der Waals surface area contributed by atoms with Crippen LogP contribution in [0, 0.1) is 0 Å². The maximum Gasteiger partial charge on any atom is 0.118 e. The first kappa shape index (κ1) is 20.8. The van der Waals surface area contributed by atoms with Gasteiger partial charge in [-0.05, 0) is 48.3 Å². The second-order valence-electron chi connectivity index (χ2n) is 6.68. The van der Waals surface area contributed by atoms with E-state index in [4.69, 9.17) is 32.7 Å². The summed E-state index contributed by atoms with van der Waals surface area (Å²) >= 11 is 12.2. The van der Waals surface area contributed by atoms with Crippen molar-refractivity contribution in [2.45, 2.75) is 26.0 Å². The highest BCUT2D eigenvalue weighted by atomic mass is 35.5. The normalized spacial score (nSPS) is 13.5. The molecule has 3 nitrogen and oxygen atoms in total. The van der Waals surface area contributed by atoms with Crippen LogP contribution in [0.1, 0.15) is 24.0 Å². The third-order valence-electron chi connectivity index (χ3n) is 4.43. The van der Waals surface area contributed by atoms with Crippen LogP contribution < -0.4 is 0 Å². The fraction of sp³-hybridized carbons (Fsp3) is 0.304. The van der Waals surface area contributed by atoms with Crippen molar-refractivity contribution in [3.63, 3.8) is 0 Å². The lowest BCUT2D eigenvalue weighted by molar-refractivity contribution is 0.109. The van der Waals surface area contributed by atoms with Crippen LogP contribution in [-0.2, 0) is 22.6 Å².